The van der Waals surface area contributed by atoms with E-state index in [9.17, 15) is 4.79 Å². The SMILES string of the molecule is CN1SOC=CC1=O. The molecule has 0 bridgehead atoms. The molecule has 0 aliphatic carbocycles. The van der Waals surface area contributed by atoms with E-state index >= 15 is 0 Å². The summed E-state index contributed by atoms with van der Waals surface area (Å²) in [6.45, 7) is 0. The standard InChI is InChI=1S/C4H5NO2S/c1-5-4(6)2-3-7-8-5/h2-3H,1H3. The van der Waals surface area contributed by atoms with E-state index < -0.39 is 0 Å². The van der Waals surface area contributed by atoms with Crippen molar-refractivity contribution in [1.82, 2.24) is 4.31 Å². The van der Waals surface area contributed by atoms with Gasteiger partial charge in [-0.1, -0.05) is 0 Å². The lowest BCUT2D eigenvalue weighted by Gasteiger charge is -2.13. The summed E-state index contributed by atoms with van der Waals surface area (Å²) in [5, 5.41) is 0. The molecule has 0 unspecified atom stereocenters. The molecule has 1 amide bonds. The molecule has 0 aromatic carbocycles. The Bertz CT molecular complexity index is 134. The Labute approximate surface area is 51.6 Å². The highest BCUT2D eigenvalue weighted by molar-refractivity contribution is 7.93. The number of hydrogen-bond donors (Lipinski definition) is 0. The fourth-order valence-electron chi connectivity index (χ4n) is 0.317. The number of nitrogens with zero attached hydrogens (tertiary/aromatic N) is 1. The van der Waals surface area contributed by atoms with Crippen molar-refractivity contribution in [2.45, 2.75) is 0 Å². The minimum Gasteiger partial charge on any atom is -0.413 e. The van der Waals surface area contributed by atoms with Gasteiger partial charge in [0.1, 0.15) is 6.26 Å². The minimum atomic E-state index is -0.0405. The molecule has 0 atom stereocenters. The molecule has 1 aliphatic rings. The Morgan fingerprint density at radius 2 is 2.62 bits per heavy atom. The molecule has 0 spiro atoms. The fraction of sp³-hybridized carbons (Fsp3) is 0.250. The van der Waals surface area contributed by atoms with Crippen molar-refractivity contribution < 1.29 is 8.98 Å². The predicted octanol–water partition coefficient (Wildman–Crippen LogP) is 0.552. The first-order chi connectivity index (χ1) is 3.80. The molecule has 0 aromatic heterocycles. The lowest BCUT2D eigenvalue weighted by atomic mass is 10.6. The zero-order chi connectivity index (χ0) is 5.98. The molecule has 0 fully saturated rings. The Hall–Kier alpha value is -0.640. The Balaban J connectivity index is 2.60. The first-order valence-corrected chi connectivity index (χ1v) is 2.78. The van der Waals surface area contributed by atoms with Crippen molar-refractivity contribution in [3.63, 3.8) is 0 Å². The summed E-state index contributed by atoms with van der Waals surface area (Å²) in [6, 6.07) is 0. The highest BCUT2D eigenvalue weighted by atomic mass is 32.2. The van der Waals surface area contributed by atoms with E-state index in [1.165, 1.54) is 16.6 Å². The maximum Gasteiger partial charge on any atom is 0.261 e. The van der Waals surface area contributed by atoms with Gasteiger partial charge in [0.2, 0.25) is 0 Å². The number of carbonyl (C=O) groups excluding carboxylic acids is 1. The number of hydrogen-bond acceptors (Lipinski definition) is 3. The fourth-order valence-corrected chi connectivity index (χ4v) is 0.686. The zero-order valence-electron chi connectivity index (χ0n) is 4.33. The number of rotatable bonds is 0. The molecular weight excluding hydrogens is 126 g/mol. The van der Waals surface area contributed by atoms with E-state index in [0.717, 1.165) is 12.2 Å². The van der Waals surface area contributed by atoms with Crippen molar-refractivity contribution in [3.05, 3.63) is 12.3 Å². The van der Waals surface area contributed by atoms with Gasteiger partial charge < -0.3 is 4.18 Å². The third-order valence-electron chi connectivity index (χ3n) is 0.731. The van der Waals surface area contributed by atoms with Crippen LogP contribution in [0.25, 0.3) is 0 Å². The highest BCUT2D eigenvalue weighted by Crippen LogP contribution is 2.13. The Morgan fingerprint density at radius 3 is 3.00 bits per heavy atom. The first kappa shape index (κ1) is 5.50. The van der Waals surface area contributed by atoms with Gasteiger partial charge in [-0.2, -0.15) is 0 Å². The Kier molecular flexibility index (Phi) is 1.43. The van der Waals surface area contributed by atoms with Crippen LogP contribution >= 0.6 is 12.2 Å². The van der Waals surface area contributed by atoms with E-state index in [2.05, 4.69) is 0 Å². The van der Waals surface area contributed by atoms with Crippen LogP contribution in [0, 0.1) is 0 Å². The first-order valence-electron chi connectivity index (χ1n) is 2.08. The monoisotopic (exact) mass is 131 g/mol. The van der Waals surface area contributed by atoms with Gasteiger partial charge in [-0.25, -0.2) is 0 Å². The molecule has 0 aromatic rings. The topological polar surface area (TPSA) is 29.5 Å². The van der Waals surface area contributed by atoms with E-state index in [0.29, 0.717) is 0 Å². The summed E-state index contributed by atoms with van der Waals surface area (Å²) in [7, 11) is 1.65. The van der Waals surface area contributed by atoms with E-state index in [1.54, 1.807) is 7.05 Å². The van der Waals surface area contributed by atoms with E-state index in [1.807, 2.05) is 0 Å². The van der Waals surface area contributed by atoms with Crippen LogP contribution in [0.1, 0.15) is 0 Å². The van der Waals surface area contributed by atoms with Crippen molar-refractivity contribution in [2.75, 3.05) is 7.05 Å². The summed E-state index contributed by atoms with van der Waals surface area (Å²) in [5.74, 6) is -0.0405. The van der Waals surface area contributed by atoms with Gasteiger partial charge in [0, 0.05) is 13.1 Å². The quantitative estimate of drug-likeness (QED) is 0.355. The molecule has 0 saturated heterocycles. The van der Waals surface area contributed by atoms with Gasteiger partial charge in [0.25, 0.3) is 5.91 Å². The lowest BCUT2D eigenvalue weighted by Crippen LogP contribution is -2.19. The summed E-state index contributed by atoms with van der Waals surface area (Å²) in [4.78, 5) is 10.5. The molecule has 1 aliphatic heterocycles. The average Bonchev–Trinajstić information content (AvgIpc) is 1.77. The van der Waals surface area contributed by atoms with Crippen molar-refractivity contribution in [1.29, 1.82) is 0 Å². The third-order valence-corrected chi connectivity index (χ3v) is 1.33. The van der Waals surface area contributed by atoms with Gasteiger partial charge in [-0.05, 0) is 0 Å². The summed E-state index contributed by atoms with van der Waals surface area (Å²) >= 11 is 1.02. The van der Waals surface area contributed by atoms with Crippen LogP contribution in [0.4, 0.5) is 0 Å². The molecule has 8 heavy (non-hydrogen) atoms. The van der Waals surface area contributed by atoms with Crippen LogP contribution in [0.15, 0.2) is 12.3 Å². The molecule has 3 nitrogen and oxygen atoms in total. The van der Waals surface area contributed by atoms with Crippen LogP contribution in [-0.2, 0) is 8.98 Å². The molecule has 0 radical (unpaired) electrons. The van der Waals surface area contributed by atoms with Gasteiger partial charge in [-0.3, -0.25) is 9.10 Å². The summed E-state index contributed by atoms with van der Waals surface area (Å²) in [6.07, 6.45) is 2.74. The van der Waals surface area contributed by atoms with Gasteiger partial charge in [0.15, 0.2) is 12.2 Å². The smallest absolute Gasteiger partial charge is 0.261 e. The van der Waals surface area contributed by atoms with Gasteiger partial charge >= 0.3 is 0 Å². The number of likely N-dealkylation sites (N-methyl/N-ethyl adjacent to an activating group) is 1. The summed E-state index contributed by atoms with van der Waals surface area (Å²) < 4.78 is 6.10. The van der Waals surface area contributed by atoms with Crippen molar-refractivity contribution in [2.24, 2.45) is 0 Å². The van der Waals surface area contributed by atoms with Crippen LogP contribution in [0.3, 0.4) is 0 Å². The molecule has 1 rings (SSSR count). The average molecular weight is 131 g/mol. The summed E-state index contributed by atoms with van der Waals surface area (Å²) in [5.41, 5.74) is 0. The molecule has 0 saturated carbocycles. The van der Waals surface area contributed by atoms with Crippen LogP contribution in [0.5, 0.6) is 0 Å². The molecule has 44 valence electrons. The van der Waals surface area contributed by atoms with Crippen LogP contribution < -0.4 is 0 Å². The largest absolute Gasteiger partial charge is 0.413 e. The van der Waals surface area contributed by atoms with Gasteiger partial charge in [0.05, 0.1) is 0 Å². The number of amides is 1. The second kappa shape index (κ2) is 2.09. The predicted molar refractivity (Wildman–Crippen MR) is 30.6 cm³/mol. The molecule has 0 N–H and O–H groups in total. The highest BCUT2D eigenvalue weighted by Gasteiger charge is 2.09. The van der Waals surface area contributed by atoms with E-state index in [4.69, 9.17) is 4.18 Å². The maximum absolute atomic E-state index is 10.5. The third kappa shape index (κ3) is 0.949. The van der Waals surface area contributed by atoms with Gasteiger partial charge in [-0.15, -0.1) is 0 Å². The molecule has 4 heteroatoms. The normalized spacial score (nSPS) is 18.6. The lowest BCUT2D eigenvalue weighted by molar-refractivity contribution is -0.120. The minimum absolute atomic E-state index is 0.0405. The second-order valence-corrected chi connectivity index (χ2v) is 2.20. The Morgan fingerprint density at radius 1 is 1.88 bits per heavy atom. The van der Waals surface area contributed by atoms with Crippen LogP contribution in [0.2, 0.25) is 0 Å². The molecular formula is C4H5NO2S. The number of carbonyl (C=O) groups is 1. The zero-order valence-corrected chi connectivity index (χ0v) is 5.14. The van der Waals surface area contributed by atoms with Crippen molar-refractivity contribution in [3.8, 4) is 0 Å². The molecule has 1 heterocycles. The van der Waals surface area contributed by atoms with Crippen LogP contribution in [-0.4, -0.2) is 17.3 Å². The van der Waals surface area contributed by atoms with Crippen molar-refractivity contribution >= 4 is 18.1 Å². The maximum atomic E-state index is 10.5. The second-order valence-electron chi connectivity index (χ2n) is 1.31. The van der Waals surface area contributed by atoms with E-state index in [-0.39, 0.29) is 5.91 Å².